The van der Waals surface area contributed by atoms with Crippen LogP contribution in [0.4, 0.5) is 0 Å². The van der Waals surface area contributed by atoms with Crippen LogP contribution in [0.15, 0.2) is 35.1 Å². The molecule has 0 saturated carbocycles. The van der Waals surface area contributed by atoms with Crippen LogP contribution in [0.5, 0.6) is 0 Å². The minimum atomic E-state index is 0.335. The fraction of sp³-hybridized carbons (Fsp3) is 0. The molecule has 2 aromatic heterocycles. The van der Waals surface area contributed by atoms with Crippen molar-refractivity contribution in [2.75, 3.05) is 0 Å². The minimum absolute atomic E-state index is 0.335. The van der Waals surface area contributed by atoms with Crippen molar-refractivity contribution in [2.45, 2.75) is 0 Å². The molecule has 0 aliphatic heterocycles. The van der Waals surface area contributed by atoms with Crippen LogP contribution in [0.2, 0.25) is 0 Å². The maximum Gasteiger partial charge on any atom is 0.196 e. The summed E-state index contributed by atoms with van der Waals surface area (Å²) in [7, 11) is 0. The molecule has 2 heterocycles. The van der Waals surface area contributed by atoms with Gasteiger partial charge in [-0.1, -0.05) is 0 Å². The number of hydrogen-bond acceptors (Lipinski definition) is 4. The number of furan rings is 1. The Balaban J connectivity index is 2.49. The second-order valence-corrected chi connectivity index (χ2v) is 2.35. The van der Waals surface area contributed by atoms with Crippen molar-refractivity contribution in [1.82, 2.24) is 9.97 Å². The van der Waals surface area contributed by atoms with E-state index in [9.17, 15) is 0 Å². The Labute approximate surface area is 74.5 Å². The van der Waals surface area contributed by atoms with Crippen LogP contribution in [0.1, 0.15) is 5.69 Å². The van der Waals surface area contributed by atoms with E-state index >= 15 is 0 Å². The highest BCUT2D eigenvalue weighted by Crippen LogP contribution is 2.13. The van der Waals surface area contributed by atoms with Gasteiger partial charge in [-0.2, -0.15) is 5.26 Å². The molecule has 0 N–H and O–H groups in total. The summed E-state index contributed by atoms with van der Waals surface area (Å²) in [5.41, 5.74) is 0.335. The molecule has 62 valence electrons. The third-order valence-electron chi connectivity index (χ3n) is 1.51. The van der Waals surface area contributed by atoms with Gasteiger partial charge in [0.15, 0.2) is 11.6 Å². The van der Waals surface area contributed by atoms with Crippen LogP contribution >= 0.6 is 0 Å². The lowest BCUT2D eigenvalue weighted by Gasteiger charge is -1.93. The Morgan fingerprint density at radius 2 is 2.31 bits per heavy atom. The van der Waals surface area contributed by atoms with Gasteiger partial charge in [-0.15, -0.1) is 0 Å². The molecule has 0 aromatic carbocycles. The van der Waals surface area contributed by atoms with E-state index < -0.39 is 0 Å². The second kappa shape index (κ2) is 3.07. The Hall–Kier alpha value is -2.15. The standard InChI is InChI=1S/C9H5N3O/c10-6-7-3-4-11-9(12-7)8-2-1-5-13-8/h1-5H. The summed E-state index contributed by atoms with van der Waals surface area (Å²) in [5.74, 6) is 1.00. The molecular weight excluding hydrogens is 166 g/mol. The van der Waals surface area contributed by atoms with Gasteiger partial charge in [0.25, 0.3) is 0 Å². The van der Waals surface area contributed by atoms with Crippen molar-refractivity contribution in [2.24, 2.45) is 0 Å². The Kier molecular flexibility index (Phi) is 1.77. The molecule has 2 rings (SSSR count). The van der Waals surface area contributed by atoms with Gasteiger partial charge in [0.1, 0.15) is 11.8 Å². The molecule has 0 saturated heterocycles. The lowest BCUT2D eigenvalue weighted by atomic mass is 10.4. The van der Waals surface area contributed by atoms with Crippen molar-refractivity contribution >= 4 is 0 Å². The molecule has 2 aromatic rings. The maximum absolute atomic E-state index is 8.59. The fourth-order valence-electron chi connectivity index (χ4n) is 0.945. The molecule has 0 fully saturated rings. The van der Waals surface area contributed by atoms with E-state index in [1.807, 2.05) is 6.07 Å². The number of hydrogen-bond donors (Lipinski definition) is 0. The van der Waals surface area contributed by atoms with E-state index in [-0.39, 0.29) is 0 Å². The Morgan fingerprint density at radius 3 is 3.00 bits per heavy atom. The lowest BCUT2D eigenvalue weighted by Crippen LogP contribution is -1.89. The molecule has 4 nitrogen and oxygen atoms in total. The summed E-state index contributed by atoms with van der Waals surface area (Å²) in [5, 5.41) is 8.59. The number of nitriles is 1. The molecule has 0 unspecified atom stereocenters. The van der Waals surface area contributed by atoms with Gasteiger partial charge in [0.05, 0.1) is 6.26 Å². The molecule has 0 spiro atoms. The van der Waals surface area contributed by atoms with Crippen LogP contribution in [-0.2, 0) is 0 Å². The summed E-state index contributed by atoms with van der Waals surface area (Å²) in [4.78, 5) is 7.94. The highest BCUT2D eigenvalue weighted by Gasteiger charge is 2.03. The molecule has 4 heteroatoms. The maximum atomic E-state index is 8.59. The first-order valence-corrected chi connectivity index (χ1v) is 3.67. The zero-order chi connectivity index (χ0) is 9.10. The van der Waals surface area contributed by atoms with E-state index in [0.717, 1.165) is 0 Å². The van der Waals surface area contributed by atoms with Crippen LogP contribution in [0.25, 0.3) is 11.6 Å². The molecule has 13 heavy (non-hydrogen) atoms. The highest BCUT2D eigenvalue weighted by atomic mass is 16.3. The molecule has 0 bridgehead atoms. The SMILES string of the molecule is N#Cc1ccnc(-c2ccco2)n1. The van der Waals surface area contributed by atoms with Crippen molar-refractivity contribution in [3.8, 4) is 17.7 Å². The van der Waals surface area contributed by atoms with Crippen LogP contribution < -0.4 is 0 Å². The second-order valence-electron chi connectivity index (χ2n) is 2.35. The van der Waals surface area contributed by atoms with E-state index in [2.05, 4.69) is 9.97 Å². The largest absolute Gasteiger partial charge is 0.461 e. The zero-order valence-electron chi connectivity index (χ0n) is 6.64. The molecular formula is C9H5N3O. The van der Waals surface area contributed by atoms with Crippen molar-refractivity contribution < 1.29 is 4.42 Å². The number of aromatic nitrogens is 2. The normalized spacial score (nSPS) is 9.46. The zero-order valence-corrected chi connectivity index (χ0v) is 6.64. The van der Waals surface area contributed by atoms with Crippen LogP contribution in [0.3, 0.4) is 0 Å². The van der Waals surface area contributed by atoms with Crippen molar-refractivity contribution in [3.63, 3.8) is 0 Å². The van der Waals surface area contributed by atoms with Gasteiger partial charge in [-0.05, 0) is 18.2 Å². The van der Waals surface area contributed by atoms with Crippen molar-refractivity contribution in [1.29, 1.82) is 5.26 Å². The van der Waals surface area contributed by atoms with E-state index in [0.29, 0.717) is 17.3 Å². The molecule has 0 aliphatic rings. The predicted molar refractivity (Wildman–Crippen MR) is 44.4 cm³/mol. The topological polar surface area (TPSA) is 62.7 Å². The third-order valence-corrected chi connectivity index (χ3v) is 1.51. The van der Waals surface area contributed by atoms with Crippen LogP contribution in [-0.4, -0.2) is 9.97 Å². The summed E-state index contributed by atoms with van der Waals surface area (Å²) in [6, 6.07) is 6.98. The van der Waals surface area contributed by atoms with Gasteiger partial charge < -0.3 is 4.42 Å². The first kappa shape index (κ1) is 7.50. The quantitative estimate of drug-likeness (QED) is 0.653. The van der Waals surface area contributed by atoms with Gasteiger partial charge in [0.2, 0.25) is 0 Å². The van der Waals surface area contributed by atoms with Crippen molar-refractivity contribution in [3.05, 3.63) is 36.4 Å². The van der Waals surface area contributed by atoms with Gasteiger partial charge >= 0.3 is 0 Å². The predicted octanol–water partition coefficient (Wildman–Crippen LogP) is 1.61. The average Bonchev–Trinajstić information content (AvgIpc) is 2.71. The summed E-state index contributed by atoms with van der Waals surface area (Å²) in [6.45, 7) is 0. The first-order chi connectivity index (χ1) is 6.40. The Bertz CT molecular complexity index is 442. The van der Waals surface area contributed by atoms with Gasteiger partial charge in [-0.25, -0.2) is 9.97 Å². The average molecular weight is 171 g/mol. The molecule has 0 aliphatic carbocycles. The lowest BCUT2D eigenvalue weighted by molar-refractivity contribution is 0.577. The molecule has 0 atom stereocenters. The summed E-state index contributed by atoms with van der Waals surface area (Å²) < 4.78 is 5.08. The van der Waals surface area contributed by atoms with E-state index in [1.165, 1.54) is 12.5 Å². The smallest absolute Gasteiger partial charge is 0.196 e. The first-order valence-electron chi connectivity index (χ1n) is 3.67. The molecule has 0 amide bonds. The van der Waals surface area contributed by atoms with Gasteiger partial charge in [0, 0.05) is 6.20 Å². The molecule has 0 radical (unpaired) electrons. The van der Waals surface area contributed by atoms with E-state index in [1.54, 1.807) is 18.2 Å². The monoisotopic (exact) mass is 171 g/mol. The van der Waals surface area contributed by atoms with E-state index in [4.69, 9.17) is 9.68 Å². The highest BCUT2D eigenvalue weighted by molar-refractivity contribution is 5.46. The number of nitrogens with zero attached hydrogens (tertiary/aromatic N) is 3. The minimum Gasteiger partial charge on any atom is -0.461 e. The Morgan fingerprint density at radius 1 is 1.38 bits per heavy atom. The van der Waals surface area contributed by atoms with Gasteiger partial charge in [-0.3, -0.25) is 0 Å². The summed E-state index contributed by atoms with van der Waals surface area (Å²) >= 11 is 0. The fourth-order valence-corrected chi connectivity index (χ4v) is 0.945. The summed E-state index contributed by atoms with van der Waals surface area (Å²) in [6.07, 6.45) is 3.07. The number of rotatable bonds is 1. The third kappa shape index (κ3) is 1.40. The van der Waals surface area contributed by atoms with Crippen LogP contribution in [0, 0.1) is 11.3 Å².